The van der Waals surface area contributed by atoms with E-state index in [1.807, 2.05) is 0 Å². The van der Waals surface area contributed by atoms with E-state index >= 15 is 0 Å². The van der Waals surface area contributed by atoms with Crippen LogP contribution in [0.3, 0.4) is 0 Å². The minimum absolute atomic E-state index is 0.193. The summed E-state index contributed by atoms with van der Waals surface area (Å²) in [6, 6.07) is 8.04. The highest BCUT2D eigenvalue weighted by Gasteiger charge is 2.32. The van der Waals surface area contributed by atoms with Gasteiger partial charge in [-0.25, -0.2) is 4.39 Å². The fourth-order valence-corrected chi connectivity index (χ4v) is 2.85. The Bertz CT molecular complexity index is 878. The monoisotopic (exact) mass is 343 g/mol. The summed E-state index contributed by atoms with van der Waals surface area (Å²) in [5.74, 6) is -1.32. The van der Waals surface area contributed by atoms with Gasteiger partial charge in [0.2, 0.25) is 5.91 Å². The maximum atomic E-state index is 14.0. The number of pyridine rings is 1. The van der Waals surface area contributed by atoms with Crippen molar-refractivity contribution in [3.05, 3.63) is 64.3 Å². The molecular formula is C18H18FN3O3. The second kappa shape index (κ2) is 6.88. The van der Waals surface area contributed by atoms with E-state index < -0.39 is 17.8 Å². The Kier molecular flexibility index (Phi) is 4.65. The first-order chi connectivity index (χ1) is 12.0. The number of carbonyl (C=O) groups excluding carboxylic acids is 2. The molecule has 1 aromatic carbocycles. The van der Waals surface area contributed by atoms with Crippen LogP contribution in [-0.2, 0) is 11.8 Å². The first-order valence-corrected chi connectivity index (χ1v) is 8.01. The van der Waals surface area contributed by atoms with E-state index in [9.17, 15) is 18.8 Å². The number of hydrogen-bond acceptors (Lipinski definition) is 3. The molecule has 6 nitrogen and oxygen atoms in total. The number of hydrogen-bond donors (Lipinski definition) is 1. The lowest BCUT2D eigenvalue weighted by Gasteiger charge is -2.32. The van der Waals surface area contributed by atoms with Crippen molar-refractivity contribution < 1.29 is 14.0 Å². The second-order valence-corrected chi connectivity index (χ2v) is 5.97. The SMILES string of the molecule is Cn1ccc(C(=O)N[C@H]2CCCN(c3ccccc3F)C2=O)cc1=O. The zero-order valence-electron chi connectivity index (χ0n) is 13.7. The van der Waals surface area contributed by atoms with Gasteiger partial charge >= 0.3 is 0 Å². The summed E-state index contributed by atoms with van der Waals surface area (Å²) in [6.07, 6.45) is 2.60. The van der Waals surface area contributed by atoms with Crippen LogP contribution in [0.25, 0.3) is 0 Å². The van der Waals surface area contributed by atoms with Crippen molar-refractivity contribution in [3.8, 4) is 0 Å². The minimum atomic E-state index is -0.745. The molecule has 1 N–H and O–H groups in total. The molecule has 0 aliphatic carbocycles. The van der Waals surface area contributed by atoms with E-state index in [-0.39, 0.29) is 22.7 Å². The fourth-order valence-electron chi connectivity index (χ4n) is 2.85. The lowest BCUT2D eigenvalue weighted by atomic mass is 10.0. The number of amides is 2. The van der Waals surface area contributed by atoms with Crippen molar-refractivity contribution in [2.24, 2.45) is 7.05 Å². The molecule has 0 radical (unpaired) electrons. The summed E-state index contributed by atoms with van der Waals surface area (Å²) in [5.41, 5.74) is 0.0922. The summed E-state index contributed by atoms with van der Waals surface area (Å²) in [7, 11) is 1.58. The number of halogens is 1. The molecule has 2 heterocycles. The highest BCUT2D eigenvalue weighted by Crippen LogP contribution is 2.24. The van der Waals surface area contributed by atoms with Gasteiger partial charge in [-0.3, -0.25) is 14.4 Å². The van der Waals surface area contributed by atoms with Gasteiger partial charge in [0, 0.05) is 31.4 Å². The minimum Gasteiger partial charge on any atom is -0.340 e. The molecule has 0 bridgehead atoms. The van der Waals surface area contributed by atoms with Gasteiger partial charge in [-0.05, 0) is 31.0 Å². The van der Waals surface area contributed by atoms with Gasteiger partial charge in [0.25, 0.3) is 11.5 Å². The van der Waals surface area contributed by atoms with E-state index in [1.54, 1.807) is 25.2 Å². The molecule has 130 valence electrons. The van der Waals surface area contributed by atoms with Gasteiger partial charge in [-0.2, -0.15) is 0 Å². The standard InChI is InChI=1S/C18H18FN3O3/c1-21-10-8-12(11-16(21)23)17(24)20-14-6-4-9-22(18(14)25)15-7-3-2-5-13(15)19/h2-3,5,7-8,10-11,14H,4,6,9H2,1H3,(H,20,24)/t14-/m0/s1. The van der Waals surface area contributed by atoms with Crippen LogP contribution in [0.15, 0.2) is 47.4 Å². The molecule has 1 atom stereocenters. The molecule has 0 saturated carbocycles. The maximum absolute atomic E-state index is 14.0. The molecule has 25 heavy (non-hydrogen) atoms. The molecule has 1 fully saturated rings. The van der Waals surface area contributed by atoms with Crippen LogP contribution in [-0.4, -0.2) is 29.0 Å². The second-order valence-electron chi connectivity index (χ2n) is 5.97. The number of nitrogens with one attached hydrogen (secondary N) is 1. The zero-order valence-corrected chi connectivity index (χ0v) is 13.7. The maximum Gasteiger partial charge on any atom is 0.252 e. The molecule has 2 amide bonds. The number of piperidine rings is 1. The molecule has 0 unspecified atom stereocenters. The average Bonchev–Trinajstić information content (AvgIpc) is 2.60. The molecule has 0 spiro atoms. The quantitative estimate of drug-likeness (QED) is 0.917. The number of carbonyl (C=O) groups is 2. The molecular weight excluding hydrogens is 325 g/mol. The summed E-state index contributed by atoms with van der Waals surface area (Å²) in [4.78, 5) is 38.0. The molecule has 1 aliphatic rings. The van der Waals surface area contributed by atoms with Crippen LogP contribution < -0.4 is 15.8 Å². The smallest absolute Gasteiger partial charge is 0.252 e. The Morgan fingerprint density at radius 2 is 2.00 bits per heavy atom. The van der Waals surface area contributed by atoms with Crippen LogP contribution in [0.1, 0.15) is 23.2 Å². The molecule has 7 heteroatoms. The number of para-hydroxylation sites is 1. The predicted octanol–water partition coefficient (Wildman–Crippen LogP) is 1.45. The average molecular weight is 343 g/mol. The molecule has 1 aromatic heterocycles. The third-order valence-corrected chi connectivity index (χ3v) is 4.25. The first-order valence-electron chi connectivity index (χ1n) is 8.01. The van der Waals surface area contributed by atoms with Crippen molar-refractivity contribution in [2.45, 2.75) is 18.9 Å². The van der Waals surface area contributed by atoms with Gasteiger partial charge in [0.15, 0.2) is 0 Å². The van der Waals surface area contributed by atoms with Crippen LogP contribution >= 0.6 is 0 Å². The van der Waals surface area contributed by atoms with Crippen molar-refractivity contribution in [2.75, 3.05) is 11.4 Å². The number of anilines is 1. The summed E-state index contributed by atoms with van der Waals surface area (Å²) in [6.45, 7) is 0.401. The summed E-state index contributed by atoms with van der Waals surface area (Å²) in [5, 5.41) is 2.65. The normalized spacial score (nSPS) is 17.4. The predicted molar refractivity (Wildman–Crippen MR) is 90.9 cm³/mol. The number of aromatic nitrogens is 1. The van der Waals surface area contributed by atoms with Crippen LogP contribution in [0.5, 0.6) is 0 Å². The molecule has 1 aliphatic heterocycles. The lowest BCUT2D eigenvalue weighted by molar-refractivity contribution is -0.121. The van der Waals surface area contributed by atoms with Gasteiger partial charge in [0.1, 0.15) is 11.9 Å². The molecule has 1 saturated heterocycles. The molecule has 3 rings (SSSR count). The number of rotatable bonds is 3. The number of aryl methyl sites for hydroxylation is 1. The third kappa shape index (κ3) is 3.45. The van der Waals surface area contributed by atoms with E-state index in [0.717, 1.165) is 0 Å². The summed E-state index contributed by atoms with van der Waals surface area (Å²) < 4.78 is 15.3. The van der Waals surface area contributed by atoms with Crippen molar-refractivity contribution >= 4 is 17.5 Å². The van der Waals surface area contributed by atoms with Gasteiger partial charge < -0.3 is 14.8 Å². The Morgan fingerprint density at radius 3 is 2.72 bits per heavy atom. The van der Waals surface area contributed by atoms with E-state index in [2.05, 4.69) is 5.32 Å². The Hall–Kier alpha value is -2.96. The Balaban J connectivity index is 1.77. The van der Waals surface area contributed by atoms with Crippen molar-refractivity contribution in [1.82, 2.24) is 9.88 Å². The Morgan fingerprint density at radius 1 is 1.24 bits per heavy atom. The van der Waals surface area contributed by atoms with E-state index in [4.69, 9.17) is 0 Å². The van der Waals surface area contributed by atoms with E-state index in [0.29, 0.717) is 19.4 Å². The topological polar surface area (TPSA) is 71.4 Å². The highest BCUT2D eigenvalue weighted by atomic mass is 19.1. The highest BCUT2D eigenvalue weighted by molar-refractivity contribution is 6.02. The van der Waals surface area contributed by atoms with Gasteiger partial charge in [-0.15, -0.1) is 0 Å². The van der Waals surface area contributed by atoms with Crippen molar-refractivity contribution in [3.63, 3.8) is 0 Å². The van der Waals surface area contributed by atoms with Gasteiger partial charge in [0.05, 0.1) is 5.69 Å². The van der Waals surface area contributed by atoms with E-state index in [1.165, 1.54) is 33.9 Å². The first kappa shape index (κ1) is 16.9. The number of nitrogens with zero attached hydrogens (tertiary/aromatic N) is 2. The third-order valence-electron chi connectivity index (χ3n) is 4.25. The van der Waals surface area contributed by atoms with Crippen LogP contribution in [0, 0.1) is 5.82 Å². The van der Waals surface area contributed by atoms with Crippen molar-refractivity contribution in [1.29, 1.82) is 0 Å². The lowest BCUT2D eigenvalue weighted by Crippen LogP contribution is -2.52. The largest absolute Gasteiger partial charge is 0.340 e. The van der Waals surface area contributed by atoms with Crippen LogP contribution in [0.2, 0.25) is 0 Å². The summed E-state index contributed by atoms with van der Waals surface area (Å²) >= 11 is 0. The molecule has 2 aromatic rings. The zero-order chi connectivity index (χ0) is 18.0. The van der Waals surface area contributed by atoms with Crippen LogP contribution in [0.4, 0.5) is 10.1 Å². The van der Waals surface area contributed by atoms with Gasteiger partial charge in [-0.1, -0.05) is 12.1 Å². The fraction of sp³-hybridized carbons (Fsp3) is 0.278. The Labute approximate surface area is 143 Å². The number of benzene rings is 1.